The van der Waals surface area contributed by atoms with Gasteiger partial charge in [0.25, 0.3) is 0 Å². The number of fused-ring (bicyclic) bond motifs is 1. The third-order valence-corrected chi connectivity index (χ3v) is 5.27. The molecule has 1 aliphatic heterocycles. The molecule has 1 N–H and O–H groups in total. The molecule has 4 rings (SSSR count). The van der Waals surface area contributed by atoms with Crippen molar-refractivity contribution in [1.29, 1.82) is 0 Å². The molecule has 0 atom stereocenters. The Morgan fingerprint density at radius 1 is 0.900 bits per heavy atom. The Hall–Kier alpha value is -2.76. The van der Waals surface area contributed by atoms with Crippen molar-refractivity contribution in [2.75, 3.05) is 25.6 Å². The van der Waals surface area contributed by atoms with E-state index in [0.29, 0.717) is 47.9 Å². The second-order valence-electron chi connectivity index (χ2n) is 6.72. The Morgan fingerprint density at radius 3 is 2.43 bits per heavy atom. The Labute approximate surface area is 185 Å². The van der Waals surface area contributed by atoms with Gasteiger partial charge in [-0.2, -0.15) is 0 Å². The van der Waals surface area contributed by atoms with E-state index in [-0.39, 0.29) is 0 Å². The first-order chi connectivity index (χ1) is 14.6. The molecule has 0 unspecified atom stereocenters. The summed E-state index contributed by atoms with van der Waals surface area (Å²) in [5, 5.41) is 4.64. The van der Waals surface area contributed by atoms with E-state index in [2.05, 4.69) is 5.32 Å². The first-order valence-electron chi connectivity index (χ1n) is 9.49. The normalized spacial score (nSPS) is 12.4. The molecule has 1 heterocycles. The minimum atomic E-state index is 0.388. The van der Waals surface area contributed by atoms with E-state index in [1.807, 2.05) is 48.5 Å². The number of methoxy groups -OCH3 is 1. The molecule has 0 amide bonds. The molecule has 3 aromatic rings. The predicted octanol–water partition coefficient (Wildman–Crippen LogP) is 5.96. The van der Waals surface area contributed by atoms with Gasteiger partial charge in [-0.3, -0.25) is 0 Å². The van der Waals surface area contributed by atoms with Crippen LogP contribution in [0.15, 0.2) is 54.6 Å². The van der Waals surface area contributed by atoms with E-state index in [4.69, 9.17) is 42.1 Å². The Morgan fingerprint density at radius 2 is 1.67 bits per heavy atom. The van der Waals surface area contributed by atoms with Gasteiger partial charge in [-0.05, 0) is 41.5 Å². The Bertz CT molecular complexity index is 1020. The molecule has 0 aromatic heterocycles. The molecule has 0 aliphatic carbocycles. The number of benzene rings is 3. The van der Waals surface area contributed by atoms with Crippen LogP contribution in [-0.2, 0) is 13.2 Å². The lowest BCUT2D eigenvalue weighted by atomic mass is 10.2. The molecule has 0 fully saturated rings. The molecule has 7 heteroatoms. The summed E-state index contributed by atoms with van der Waals surface area (Å²) in [6, 6.07) is 16.9. The summed E-state index contributed by atoms with van der Waals surface area (Å²) in [5.41, 5.74) is 2.81. The number of ether oxygens (including phenoxy) is 4. The van der Waals surface area contributed by atoms with Gasteiger partial charge in [0.15, 0.2) is 23.0 Å². The van der Waals surface area contributed by atoms with Gasteiger partial charge < -0.3 is 24.3 Å². The zero-order chi connectivity index (χ0) is 20.9. The average molecular weight is 446 g/mol. The van der Waals surface area contributed by atoms with Crippen molar-refractivity contribution >= 4 is 28.9 Å². The van der Waals surface area contributed by atoms with Crippen LogP contribution < -0.4 is 24.3 Å². The summed E-state index contributed by atoms with van der Waals surface area (Å²) >= 11 is 12.4. The van der Waals surface area contributed by atoms with Gasteiger partial charge in [0.2, 0.25) is 0 Å². The summed E-state index contributed by atoms with van der Waals surface area (Å²) < 4.78 is 22.6. The van der Waals surface area contributed by atoms with Gasteiger partial charge in [-0.1, -0.05) is 35.3 Å². The summed E-state index contributed by atoms with van der Waals surface area (Å²) in [5.74, 6) is 2.70. The lowest BCUT2D eigenvalue weighted by Crippen LogP contribution is -2.15. The molecule has 5 nitrogen and oxygen atoms in total. The molecular formula is C23H21Cl2NO4. The maximum absolute atomic E-state index is 6.50. The van der Waals surface area contributed by atoms with Crippen LogP contribution in [0.3, 0.4) is 0 Å². The van der Waals surface area contributed by atoms with Crippen molar-refractivity contribution in [3.8, 4) is 23.0 Å². The molecule has 1 aliphatic rings. The van der Waals surface area contributed by atoms with Crippen LogP contribution in [-0.4, -0.2) is 20.3 Å². The highest BCUT2D eigenvalue weighted by Gasteiger charge is 2.14. The fourth-order valence-electron chi connectivity index (χ4n) is 3.08. The summed E-state index contributed by atoms with van der Waals surface area (Å²) in [6.45, 7) is 2.03. The van der Waals surface area contributed by atoms with Crippen molar-refractivity contribution in [3.63, 3.8) is 0 Å². The van der Waals surface area contributed by atoms with E-state index in [1.165, 1.54) is 0 Å². The van der Waals surface area contributed by atoms with Gasteiger partial charge in [0.1, 0.15) is 19.8 Å². The second-order valence-corrected chi connectivity index (χ2v) is 7.57. The molecule has 0 bridgehead atoms. The maximum atomic E-state index is 6.50. The Kier molecular flexibility index (Phi) is 6.41. The summed E-state index contributed by atoms with van der Waals surface area (Å²) in [6.07, 6.45) is 0. The SMILES string of the molecule is COc1cc(CNc2ccc3c(c2)OCCO3)c(Cl)cc1OCc1ccc(Cl)cc1. The maximum Gasteiger partial charge on any atom is 0.163 e. The van der Waals surface area contributed by atoms with Crippen LogP contribution in [0.1, 0.15) is 11.1 Å². The third kappa shape index (κ3) is 4.86. The molecule has 3 aromatic carbocycles. The zero-order valence-corrected chi connectivity index (χ0v) is 17.9. The fraction of sp³-hybridized carbons (Fsp3) is 0.217. The monoisotopic (exact) mass is 445 g/mol. The van der Waals surface area contributed by atoms with Crippen molar-refractivity contribution in [2.24, 2.45) is 0 Å². The number of halogens is 2. The molecule has 0 saturated heterocycles. The van der Waals surface area contributed by atoms with Crippen LogP contribution in [0.5, 0.6) is 23.0 Å². The molecule has 0 radical (unpaired) electrons. The van der Waals surface area contributed by atoms with Crippen LogP contribution in [0.4, 0.5) is 5.69 Å². The van der Waals surface area contributed by atoms with Crippen molar-refractivity contribution in [3.05, 3.63) is 75.8 Å². The van der Waals surface area contributed by atoms with Crippen LogP contribution in [0.25, 0.3) is 0 Å². The molecule has 0 saturated carbocycles. The zero-order valence-electron chi connectivity index (χ0n) is 16.4. The molecular weight excluding hydrogens is 425 g/mol. The lowest BCUT2D eigenvalue weighted by Gasteiger charge is -2.19. The van der Waals surface area contributed by atoms with Crippen molar-refractivity contribution < 1.29 is 18.9 Å². The predicted molar refractivity (Wildman–Crippen MR) is 119 cm³/mol. The summed E-state index contributed by atoms with van der Waals surface area (Å²) in [4.78, 5) is 0. The second kappa shape index (κ2) is 9.37. The van der Waals surface area contributed by atoms with Gasteiger partial charge in [-0.15, -0.1) is 0 Å². The van der Waals surface area contributed by atoms with E-state index < -0.39 is 0 Å². The molecule has 0 spiro atoms. The number of nitrogens with one attached hydrogen (secondary N) is 1. The number of hydrogen-bond acceptors (Lipinski definition) is 5. The Balaban J connectivity index is 1.44. The standard InChI is InChI=1S/C23H21Cl2NO4/c1-27-21-10-16(13-26-18-6-7-20-22(11-18)29-9-8-28-20)19(25)12-23(21)30-14-15-2-4-17(24)5-3-15/h2-7,10-12,26H,8-9,13-14H2,1H3. The third-order valence-electron chi connectivity index (χ3n) is 4.67. The van der Waals surface area contributed by atoms with E-state index >= 15 is 0 Å². The smallest absolute Gasteiger partial charge is 0.163 e. The number of rotatable bonds is 7. The van der Waals surface area contributed by atoms with Crippen LogP contribution in [0.2, 0.25) is 10.0 Å². The van der Waals surface area contributed by atoms with Gasteiger partial charge >= 0.3 is 0 Å². The van der Waals surface area contributed by atoms with Gasteiger partial charge in [0.05, 0.1) is 7.11 Å². The highest BCUT2D eigenvalue weighted by molar-refractivity contribution is 6.31. The highest BCUT2D eigenvalue weighted by Crippen LogP contribution is 2.36. The van der Waals surface area contributed by atoms with E-state index in [1.54, 1.807) is 13.2 Å². The van der Waals surface area contributed by atoms with E-state index in [9.17, 15) is 0 Å². The van der Waals surface area contributed by atoms with Crippen molar-refractivity contribution in [2.45, 2.75) is 13.2 Å². The van der Waals surface area contributed by atoms with Gasteiger partial charge in [-0.25, -0.2) is 0 Å². The highest BCUT2D eigenvalue weighted by atomic mass is 35.5. The number of hydrogen-bond donors (Lipinski definition) is 1. The average Bonchev–Trinajstić information content (AvgIpc) is 2.78. The minimum Gasteiger partial charge on any atom is -0.493 e. The first kappa shape index (κ1) is 20.5. The summed E-state index contributed by atoms with van der Waals surface area (Å²) in [7, 11) is 1.61. The quantitative estimate of drug-likeness (QED) is 0.485. The number of anilines is 1. The van der Waals surface area contributed by atoms with Crippen LogP contribution in [0, 0.1) is 0 Å². The fourth-order valence-corrected chi connectivity index (χ4v) is 3.42. The topological polar surface area (TPSA) is 49.0 Å². The molecule has 156 valence electrons. The van der Waals surface area contributed by atoms with E-state index in [0.717, 1.165) is 28.3 Å². The van der Waals surface area contributed by atoms with Crippen molar-refractivity contribution in [1.82, 2.24) is 0 Å². The van der Waals surface area contributed by atoms with Crippen LogP contribution >= 0.6 is 23.2 Å². The minimum absolute atomic E-state index is 0.388. The lowest BCUT2D eigenvalue weighted by molar-refractivity contribution is 0.171. The van der Waals surface area contributed by atoms with Gasteiger partial charge in [0, 0.05) is 34.4 Å². The largest absolute Gasteiger partial charge is 0.493 e. The first-order valence-corrected chi connectivity index (χ1v) is 10.2. The molecule has 30 heavy (non-hydrogen) atoms.